The highest BCUT2D eigenvalue weighted by atomic mass is 35.5. The normalized spacial score (nSPS) is 19.3. The van der Waals surface area contributed by atoms with Crippen LogP contribution in [0, 0.1) is 0 Å². The average molecular weight is 270 g/mol. The van der Waals surface area contributed by atoms with Crippen LogP contribution in [0.4, 0.5) is 11.9 Å². The summed E-state index contributed by atoms with van der Waals surface area (Å²) in [6.45, 7) is 9.09. The van der Waals surface area contributed by atoms with Crippen LogP contribution in [-0.4, -0.2) is 40.6 Å². The molecule has 0 amide bonds. The lowest BCUT2D eigenvalue weighted by molar-refractivity contribution is 0.709. The maximum Gasteiger partial charge on any atom is 0.231 e. The van der Waals surface area contributed by atoms with Gasteiger partial charge in [0.15, 0.2) is 0 Å². The van der Waals surface area contributed by atoms with Crippen LogP contribution in [-0.2, 0) is 0 Å². The van der Waals surface area contributed by atoms with Crippen LogP contribution in [0.3, 0.4) is 0 Å². The fourth-order valence-electron chi connectivity index (χ4n) is 2.34. The van der Waals surface area contributed by atoms with Gasteiger partial charge in [-0.3, -0.25) is 0 Å². The van der Waals surface area contributed by atoms with Gasteiger partial charge in [-0.15, -0.1) is 0 Å². The maximum atomic E-state index is 6.02. The summed E-state index contributed by atoms with van der Waals surface area (Å²) in [7, 11) is 0. The summed E-state index contributed by atoms with van der Waals surface area (Å²) in [5, 5.41) is 0.279. The quantitative estimate of drug-likeness (QED) is 0.840. The number of halogens is 1. The van der Waals surface area contributed by atoms with Gasteiger partial charge in [0.2, 0.25) is 17.2 Å². The van der Waals surface area contributed by atoms with Crippen LogP contribution in [0.2, 0.25) is 5.28 Å². The molecule has 1 unspecified atom stereocenters. The predicted octanol–water partition coefficient (Wildman–Crippen LogP) is 2.36. The van der Waals surface area contributed by atoms with Crippen LogP contribution in [0.1, 0.15) is 33.6 Å². The van der Waals surface area contributed by atoms with Gasteiger partial charge in [-0.1, -0.05) is 0 Å². The molecular formula is C12H20ClN5. The van der Waals surface area contributed by atoms with E-state index in [1.54, 1.807) is 0 Å². The van der Waals surface area contributed by atoms with Gasteiger partial charge >= 0.3 is 0 Å². The van der Waals surface area contributed by atoms with Crippen LogP contribution in [0.15, 0.2) is 0 Å². The van der Waals surface area contributed by atoms with E-state index < -0.39 is 0 Å². The van der Waals surface area contributed by atoms with Gasteiger partial charge in [-0.05, 0) is 45.2 Å². The Morgan fingerprint density at radius 2 is 2.00 bits per heavy atom. The number of nitrogens with zero attached hydrogens (tertiary/aromatic N) is 5. The number of anilines is 2. The van der Waals surface area contributed by atoms with Crippen molar-refractivity contribution in [3.63, 3.8) is 0 Å². The maximum absolute atomic E-state index is 6.02. The molecule has 0 N–H and O–H groups in total. The fourth-order valence-corrected chi connectivity index (χ4v) is 2.49. The zero-order valence-corrected chi connectivity index (χ0v) is 12.0. The molecule has 1 aliphatic heterocycles. The molecule has 6 heteroatoms. The Morgan fingerprint density at radius 3 is 2.56 bits per heavy atom. The van der Waals surface area contributed by atoms with E-state index in [1.165, 1.54) is 12.8 Å². The lowest BCUT2D eigenvalue weighted by atomic mass is 10.2. The van der Waals surface area contributed by atoms with Crippen molar-refractivity contribution < 1.29 is 0 Å². The molecule has 1 saturated heterocycles. The number of rotatable bonds is 4. The van der Waals surface area contributed by atoms with E-state index in [9.17, 15) is 0 Å². The van der Waals surface area contributed by atoms with Gasteiger partial charge in [0.05, 0.1) is 0 Å². The zero-order valence-electron chi connectivity index (χ0n) is 11.2. The molecule has 1 aromatic heterocycles. The first kappa shape index (κ1) is 13.3. The SMILES string of the molecule is CCN(CC)c1nc(Cl)nc(N2CCCC2C)n1. The Bertz CT molecular complexity index is 407. The smallest absolute Gasteiger partial charge is 0.231 e. The van der Waals surface area contributed by atoms with E-state index in [0.717, 1.165) is 19.6 Å². The third kappa shape index (κ3) is 2.66. The first-order chi connectivity index (χ1) is 8.65. The Kier molecular flexibility index (Phi) is 4.22. The second kappa shape index (κ2) is 5.69. The van der Waals surface area contributed by atoms with E-state index >= 15 is 0 Å². The van der Waals surface area contributed by atoms with Crippen LogP contribution in [0.5, 0.6) is 0 Å². The van der Waals surface area contributed by atoms with Crippen molar-refractivity contribution in [3.05, 3.63) is 5.28 Å². The van der Waals surface area contributed by atoms with Gasteiger partial charge < -0.3 is 9.80 Å². The molecule has 1 aromatic rings. The van der Waals surface area contributed by atoms with E-state index in [0.29, 0.717) is 17.9 Å². The Balaban J connectivity index is 2.31. The monoisotopic (exact) mass is 269 g/mol. The van der Waals surface area contributed by atoms with Crippen LogP contribution >= 0.6 is 11.6 Å². The summed E-state index contributed by atoms with van der Waals surface area (Å²) in [5.41, 5.74) is 0. The largest absolute Gasteiger partial charge is 0.341 e. The molecule has 2 rings (SSSR count). The minimum Gasteiger partial charge on any atom is -0.341 e. The molecule has 18 heavy (non-hydrogen) atoms. The molecule has 0 saturated carbocycles. The second-order valence-electron chi connectivity index (χ2n) is 4.56. The van der Waals surface area contributed by atoms with Gasteiger partial charge in [-0.2, -0.15) is 15.0 Å². The third-order valence-corrected chi connectivity index (χ3v) is 3.61. The van der Waals surface area contributed by atoms with Crippen LogP contribution in [0.25, 0.3) is 0 Å². The topological polar surface area (TPSA) is 45.2 Å². The first-order valence-electron chi connectivity index (χ1n) is 6.58. The van der Waals surface area contributed by atoms with Gasteiger partial charge in [-0.25, -0.2) is 0 Å². The zero-order chi connectivity index (χ0) is 13.1. The highest BCUT2D eigenvalue weighted by molar-refractivity contribution is 6.28. The molecule has 100 valence electrons. The fraction of sp³-hybridized carbons (Fsp3) is 0.750. The lowest BCUT2D eigenvalue weighted by Gasteiger charge is -2.24. The van der Waals surface area contributed by atoms with Gasteiger partial charge in [0.1, 0.15) is 0 Å². The highest BCUT2D eigenvalue weighted by Gasteiger charge is 2.24. The summed E-state index contributed by atoms with van der Waals surface area (Å²) in [4.78, 5) is 17.3. The van der Waals surface area contributed by atoms with Gasteiger partial charge in [0, 0.05) is 25.7 Å². The minimum absolute atomic E-state index is 0.279. The van der Waals surface area contributed by atoms with E-state index in [1.807, 2.05) is 0 Å². The average Bonchev–Trinajstić information content (AvgIpc) is 2.76. The summed E-state index contributed by atoms with van der Waals surface area (Å²) < 4.78 is 0. The summed E-state index contributed by atoms with van der Waals surface area (Å²) in [5.74, 6) is 1.39. The van der Waals surface area contributed by atoms with Crippen molar-refractivity contribution in [1.82, 2.24) is 15.0 Å². The predicted molar refractivity (Wildman–Crippen MR) is 74.4 cm³/mol. The van der Waals surface area contributed by atoms with Crippen molar-refractivity contribution in [2.75, 3.05) is 29.4 Å². The first-order valence-corrected chi connectivity index (χ1v) is 6.96. The second-order valence-corrected chi connectivity index (χ2v) is 4.90. The molecule has 2 heterocycles. The Morgan fingerprint density at radius 1 is 1.28 bits per heavy atom. The Hall–Kier alpha value is -1.10. The van der Waals surface area contributed by atoms with Gasteiger partial charge in [0.25, 0.3) is 0 Å². The molecule has 0 radical (unpaired) electrons. The van der Waals surface area contributed by atoms with Crippen molar-refractivity contribution in [3.8, 4) is 0 Å². The lowest BCUT2D eigenvalue weighted by Crippen LogP contribution is -2.30. The van der Waals surface area contributed by atoms with E-state index in [2.05, 4.69) is 45.5 Å². The molecular weight excluding hydrogens is 250 g/mol. The van der Waals surface area contributed by atoms with Crippen molar-refractivity contribution in [2.45, 2.75) is 39.7 Å². The molecule has 0 bridgehead atoms. The summed E-state index contributed by atoms with van der Waals surface area (Å²) >= 11 is 6.02. The Labute approximate surface area is 113 Å². The highest BCUT2D eigenvalue weighted by Crippen LogP contribution is 2.24. The molecule has 0 spiro atoms. The standard InChI is InChI=1S/C12H20ClN5/c1-4-17(5-2)11-14-10(13)15-12(16-11)18-8-6-7-9(18)3/h9H,4-8H2,1-3H3. The van der Waals surface area contributed by atoms with Crippen molar-refractivity contribution in [2.24, 2.45) is 0 Å². The number of hydrogen-bond donors (Lipinski definition) is 0. The summed E-state index contributed by atoms with van der Waals surface area (Å²) in [6, 6.07) is 0.480. The number of aromatic nitrogens is 3. The third-order valence-electron chi connectivity index (χ3n) is 3.44. The van der Waals surface area contributed by atoms with Crippen molar-refractivity contribution >= 4 is 23.5 Å². The molecule has 1 aliphatic rings. The van der Waals surface area contributed by atoms with E-state index in [4.69, 9.17) is 11.6 Å². The number of hydrogen-bond acceptors (Lipinski definition) is 5. The minimum atomic E-state index is 0.279. The molecule has 1 fully saturated rings. The van der Waals surface area contributed by atoms with Crippen molar-refractivity contribution in [1.29, 1.82) is 0 Å². The molecule has 1 atom stereocenters. The van der Waals surface area contributed by atoms with Crippen LogP contribution < -0.4 is 9.80 Å². The molecule has 5 nitrogen and oxygen atoms in total. The van der Waals surface area contributed by atoms with E-state index in [-0.39, 0.29) is 5.28 Å². The summed E-state index contributed by atoms with van der Waals surface area (Å²) in [6.07, 6.45) is 2.37. The molecule has 0 aliphatic carbocycles. The molecule has 0 aromatic carbocycles.